The molecule has 0 radical (unpaired) electrons. The molecule has 1 aromatic rings. The molecule has 4 heteroatoms. The summed E-state index contributed by atoms with van der Waals surface area (Å²) >= 11 is 0. The maximum atomic E-state index is 4.78. The third-order valence-electron chi connectivity index (χ3n) is 3.55. The average molecular weight is 248 g/mol. The van der Waals surface area contributed by atoms with Crippen LogP contribution in [-0.4, -0.2) is 30.1 Å². The molecule has 1 aliphatic heterocycles. The van der Waals surface area contributed by atoms with Crippen LogP contribution >= 0.6 is 0 Å². The molecule has 2 rings (SSSR count). The van der Waals surface area contributed by atoms with Crippen LogP contribution in [0, 0.1) is 6.92 Å². The Balaban J connectivity index is 2.40. The van der Waals surface area contributed by atoms with Gasteiger partial charge >= 0.3 is 0 Å². The van der Waals surface area contributed by atoms with E-state index in [1.807, 2.05) is 7.05 Å². The van der Waals surface area contributed by atoms with Crippen LogP contribution in [-0.2, 0) is 0 Å². The first-order valence-corrected chi connectivity index (χ1v) is 6.94. The van der Waals surface area contributed by atoms with E-state index in [0.29, 0.717) is 5.92 Å². The molecule has 0 bridgehead atoms. The first kappa shape index (κ1) is 13.1. The highest BCUT2D eigenvalue weighted by Gasteiger charge is 2.19. The van der Waals surface area contributed by atoms with Gasteiger partial charge in [0.05, 0.1) is 0 Å². The topological polar surface area (TPSA) is 41.1 Å². The lowest BCUT2D eigenvalue weighted by molar-refractivity contribution is 0.570. The molecule has 1 N–H and O–H groups in total. The summed E-state index contributed by atoms with van der Waals surface area (Å²) in [7, 11) is 1.93. The van der Waals surface area contributed by atoms with Crippen molar-refractivity contribution < 1.29 is 0 Å². The van der Waals surface area contributed by atoms with E-state index in [1.165, 1.54) is 24.8 Å². The van der Waals surface area contributed by atoms with Crippen molar-refractivity contribution in [3.63, 3.8) is 0 Å². The summed E-state index contributed by atoms with van der Waals surface area (Å²) in [5, 5.41) is 3.19. The van der Waals surface area contributed by atoms with E-state index in [2.05, 4.69) is 36.0 Å². The fraction of sp³-hybridized carbons (Fsp3) is 0.714. The van der Waals surface area contributed by atoms with Gasteiger partial charge in [0.1, 0.15) is 17.5 Å². The van der Waals surface area contributed by atoms with Crippen molar-refractivity contribution in [2.75, 3.05) is 30.4 Å². The number of anilines is 2. The standard InChI is InChI=1S/C14H24N4/c1-10(2)12-16-13(15-4)11(3)14(17-12)18-8-6-5-7-9-18/h10H,5-9H2,1-4H3,(H,15,16,17). The van der Waals surface area contributed by atoms with Crippen LogP contribution in [0.2, 0.25) is 0 Å². The Labute approximate surface area is 110 Å². The Morgan fingerprint density at radius 2 is 1.78 bits per heavy atom. The lowest BCUT2D eigenvalue weighted by Gasteiger charge is -2.30. The van der Waals surface area contributed by atoms with E-state index in [0.717, 1.165) is 30.5 Å². The highest BCUT2D eigenvalue weighted by atomic mass is 15.2. The fourth-order valence-electron chi connectivity index (χ4n) is 2.44. The smallest absolute Gasteiger partial charge is 0.137 e. The second-order valence-electron chi connectivity index (χ2n) is 5.33. The number of nitrogens with zero attached hydrogens (tertiary/aromatic N) is 3. The quantitative estimate of drug-likeness (QED) is 0.893. The summed E-state index contributed by atoms with van der Waals surface area (Å²) in [5.41, 5.74) is 1.17. The summed E-state index contributed by atoms with van der Waals surface area (Å²) in [5.74, 6) is 3.39. The van der Waals surface area contributed by atoms with Crippen molar-refractivity contribution in [3.05, 3.63) is 11.4 Å². The summed E-state index contributed by atoms with van der Waals surface area (Å²) in [6.07, 6.45) is 3.89. The monoisotopic (exact) mass is 248 g/mol. The average Bonchev–Trinajstić information content (AvgIpc) is 2.39. The predicted octanol–water partition coefficient (Wildman–Crippen LogP) is 2.94. The Morgan fingerprint density at radius 1 is 1.11 bits per heavy atom. The van der Waals surface area contributed by atoms with Gasteiger partial charge in [0.2, 0.25) is 0 Å². The van der Waals surface area contributed by atoms with Crippen LogP contribution in [0.25, 0.3) is 0 Å². The molecule has 0 atom stereocenters. The lowest BCUT2D eigenvalue weighted by Crippen LogP contribution is -2.31. The Hall–Kier alpha value is -1.32. The van der Waals surface area contributed by atoms with Crippen LogP contribution in [0.3, 0.4) is 0 Å². The van der Waals surface area contributed by atoms with Crippen LogP contribution in [0.5, 0.6) is 0 Å². The maximum absolute atomic E-state index is 4.78. The second-order valence-corrected chi connectivity index (χ2v) is 5.33. The normalized spacial score (nSPS) is 16.2. The third-order valence-corrected chi connectivity index (χ3v) is 3.55. The third kappa shape index (κ3) is 2.57. The summed E-state index contributed by atoms with van der Waals surface area (Å²) in [4.78, 5) is 11.8. The number of aromatic nitrogens is 2. The number of nitrogens with one attached hydrogen (secondary N) is 1. The van der Waals surface area contributed by atoms with Crippen molar-refractivity contribution in [2.24, 2.45) is 0 Å². The van der Waals surface area contributed by atoms with Crippen molar-refractivity contribution in [1.29, 1.82) is 0 Å². The number of hydrogen-bond acceptors (Lipinski definition) is 4. The second kappa shape index (κ2) is 5.55. The molecule has 100 valence electrons. The minimum atomic E-state index is 0.362. The van der Waals surface area contributed by atoms with Gasteiger partial charge in [-0.25, -0.2) is 9.97 Å². The van der Waals surface area contributed by atoms with E-state index >= 15 is 0 Å². The molecule has 0 aliphatic carbocycles. The van der Waals surface area contributed by atoms with Crippen LogP contribution in [0.1, 0.15) is 50.4 Å². The maximum Gasteiger partial charge on any atom is 0.137 e. The summed E-state index contributed by atoms with van der Waals surface area (Å²) in [6.45, 7) is 8.64. The first-order valence-electron chi connectivity index (χ1n) is 6.94. The zero-order chi connectivity index (χ0) is 13.1. The van der Waals surface area contributed by atoms with Gasteiger partial charge < -0.3 is 10.2 Å². The van der Waals surface area contributed by atoms with Crippen molar-refractivity contribution in [3.8, 4) is 0 Å². The molecule has 0 saturated carbocycles. The van der Waals surface area contributed by atoms with E-state index < -0.39 is 0 Å². The van der Waals surface area contributed by atoms with Gasteiger partial charge in [-0.05, 0) is 26.2 Å². The van der Waals surface area contributed by atoms with Gasteiger partial charge in [-0.3, -0.25) is 0 Å². The highest BCUT2D eigenvalue weighted by Crippen LogP contribution is 2.27. The van der Waals surface area contributed by atoms with E-state index in [9.17, 15) is 0 Å². The highest BCUT2D eigenvalue weighted by molar-refractivity contribution is 5.58. The van der Waals surface area contributed by atoms with Crippen LogP contribution < -0.4 is 10.2 Å². The van der Waals surface area contributed by atoms with Crippen molar-refractivity contribution in [1.82, 2.24) is 9.97 Å². The predicted molar refractivity (Wildman–Crippen MR) is 76.5 cm³/mol. The molecule has 0 aromatic carbocycles. The molecular formula is C14H24N4. The minimum absolute atomic E-state index is 0.362. The largest absolute Gasteiger partial charge is 0.373 e. The van der Waals surface area contributed by atoms with Gasteiger partial charge in [-0.2, -0.15) is 0 Å². The van der Waals surface area contributed by atoms with E-state index in [4.69, 9.17) is 4.98 Å². The molecule has 0 spiro atoms. The van der Waals surface area contributed by atoms with Crippen LogP contribution in [0.4, 0.5) is 11.6 Å². The Kier molecular flexibility index (Phi) is 4.04. The fourth-order valence-corrected chi connectivity index (χ4v) is 2.44. The minimum Gasteiger partial charge on any atom is -0.373 e. The molecule has 1 aromatic heterocycles. The van der Waals surface area contributed by atoms with Crippen LogP contribution in [0.15, 0.2) is 0 Å². The number of hydrogen-bond donors (Lipinski definition) is 1. The van der Waals surface area contributed by atoms with Crippen molar-refractivity contribution in [2.45, 2.75) is 46.0 Å². The summed E-state index contributed by atoms with van der Waals surface area (Å²) < 4.78 is 0. The Morgan fingerprint density at radius 3 is 2.33 bits per heavy atom. The van der Waals surface area contributed by atoms with Gasteiger partial charge in [0.15, 0.2) is 0 Å². The lowest BCUT2D eigenvalue weighted by atomic mass is 10.1. The molecular weight excluding hydrogens is 224 g/mol. The molecule has 1 fully saturated rings. The molecule has 4 nitrogen and oxygen atoms in total. The van der Waals surface area contributed by atoms with E-state index in [1.54, 1.807) is 0 Å². The molecule has 1 saturated heterocycles. The molecule has 18 heavy (non-hydrogen) atoms. The zero-order valence-corrected chi connectivity index (χ0v) is 12.0. The molecule has 0 unspecified atom stereocenters. The van der Waals surface area contributed by atoms with Gasteiger partial charge in [0, 0.05) is 31.6 Å². The first-order chi connectivity index (χ1) is 8.63. The van der Waals surface area contributed by atoms with Gasteiger partial charge in [-0.1, -0.05) is 13.8 Å². The summed E-state index contributed by atoms with van der Waals surface area (Å²) in [6, 6.07) is 0. The molecule has 0 amide bonds. The molecule has 1 aliphatic rings. The number of rotatable bonds is 3. The van der Waals surface area contributed by atoms with E-state index in [-0.39, 0.29) is 0 Å². The van der Waals surface area contributed by atoms with Crippen molar-refractivity contribution >= 4 is 11.6 Å². The SMILES string of the molecule is CNc1nc(C(C)C)nc(N2CCCCC2)c1C. The Bertz CT molecular complexity index is 409. The molecule has 2 heterocycles. The van der Waals surface area contributed by atoms with Gasteiger partial charge in [-0.15, -0.1) is 0 Å². The van der Waals surface area contributed by atoms with Gasteiger partial charge in [0.25, 0.3) is 0 Å². The zero-order valence-electron chi connectivity index (χ0n) is 12.0. The number of piperidine rings is 1.